The Kier molecular flexibility index (Phi) is 4.01. The van der Waals surface area contributed by atoms with Gasteiger partial charge in [-0.1, -0.05) is 18.3 Å². The number of aromatic nitrogens is 1. The summed E-state index contributed by atoms with van der Waals surface area (Å²) in [7, 11) is -3.64. The minimum Gasteiger partial charge on any atom is -0.389 e. The molecule has 1 aromatic carbocycles. The first-order chi connectivity index (χ1) is 9.40. The molecule has 0 fully saturated rings. The van der Waals surface area contributed by atoms with Crippen LogP contribution in [0.25, 0.3) is 0 Å². The van der Waals surface area contributed by atoms with Gasteiger partial charge in [0, 0.05) is 18.0 Å². The maximum absolute atomic E-state index is 12.2. The zero-order chi connectivity index (χ0) is 14.8. The number of rotatable bonds is 4. The van der Waals surface area contributed by atoms with Gasteiger partial charge < -0.3 is 5.73 Å². The lowest BCUT2D eigenvalue weighted by molar-refractivity contribution is 0.601. The van der Waals surface area contributed by atoms with Crippen molar-refractivity contribution in [1.29, 1.82) is 0 Å². The Bertz CT molecular complexity index is 743. The average molecular weight is 307 g/mol. The molecule has 0 saturated heterocycles. The third-order valence-electron chi connectivity index (χ3n) is 2.71. The van der Waals surface area contributed by atoms with Gasteiger partial charge in [-0.25, -0.2) is 8.42 Å². The summed E-state index contributed by atoms with van der Waals surface area (Å²) in [5, 5.41) is 0. The number of sulfonamides is 1. The third kappa shape index (κ3) is 3.12. The summed E-state index contributed by atoms with van der Waals surface area (Å²) in [6, 6.07) is 7.78. The summed E-state index contributed by atoms with van der Waals surface area (Å²) < 4.78 is 27.0. The van der Waals surface area contributed by atoms with Crippen molar-refractivity contribution in [2.75, 3.05) is 4.72 Å². The van der Waals surface area contributed by atoms with E-state index in [1.54, 1.807) is 25.1 Å². The number of nitrogens with one attached hydrogen (secondary N) is 1. The third-order valence-corrected chi connectivity index (χ3v) is 4.31. The molecule has 0 radical (unpaired) electrons. The fourth-order valence-corrected chi connectivity index (χ4v) is 3.09. The van der Waals surface area contributed by atoms with Crippen molar-refractivity contribution in [3.8, 4) is 0 Å². The standard InChI is InChI=1S/C13H13N3O2S2/c1-9-8-11(2-3-12(9)13(14)19)20(17,18)16-10-4-6-15-7-5-10/h2-8H,1H3,(H2,14,19)(H,15,16). The van der Waals surface area contributed by atoms with Crippen LogP contribution >= 0.6 is 12.2 Å². The molecule has 0 saturated carbocycles. The molecule has 2 aromatic rings. The predicted molar refractivity (Wildman–Crippen MR) is 82.1 cm³/mol. The van der Waals surface area contributed by atoms with E-state index in [9.17, 15) is 8.42 Å². The Balaban J connectivity index is 2.35. The molecule has 0 aliphatic heterocycles. The molecule has 1 aromatic heterocycles. The van der Waals surface area contributed by atoms with Gasteiger partial charge in [0.2, 0.25) is 0 Å². The van der Waals surface area contributed by atoms with Crippen LogP contribution in [0.1, 0.15) is 11.1 Å². The smallest absolute Gasteiger partial charge is 0.261 e. The first-order valence-corrected chi connectivity index (χ1v) is 7.62. The highest BCUT2D eigenvalue weighted by Gasteiger charge is 2.15. The fraction of sp³-hybridized carbons (Fsp3) is 0.0769. The molecular formula is C13H13N3O2S2. The summed E-state index contributed by atoms with van der Waals surface area (Å²) >= 11 is 4.90. The van der Waals surface area contributed by atoms with Crippen molar-refractivity contribution in [1.82, 2.24) is 4.98 Å². The zero-order valence-corrected chi connectivity index (χ0v) is 12.3. The van der Waals surface area contributed by atoms with E-state index >= 15 is 0 Å². The molecule has 3 N–H and O–H groups in total. The largest absolute Gasteiger partial charge is 0.389 e. The summed E-state index contributed by atoms with van der Waals surface area (Å²) in [5.41, 5.74) is 7.40. The van der Waals surface area contributed by atoms with Crippen LogP contribution in [-0.4, -0.2) is 18.4 Å². The van der Waals surface area contributed by atoms with Crippen molar-refractivity contribution >= 4 is 32.9 Å². The topological polar surface area (TPSA) is 85.1 Å². The number of hydrogen-bond acceptors (Lipinski definition) is 4. The van der Waals surface area contributed by atoms with E-state index in [1.807, 2.05) is 0 Å². The summed E-state index contributed by atoms with van der Waals surface area (Å²) in [5.74, 6) is 0. The maximum atomic E-state index is 12.2. The van der Waals surface area contributed by atoms with Crippen molar-refractivity contribution < 1.29 is 8.42 Å². The van der Waals surface area contributed by atoms with Crippen LogP contribution in [0.5, 0.6) is 0 Å². The number of anilines is 1. The van der Waals surface area contributed by atoms with Gasteiger partial charge in [-0.05, 0) is 36.8 Å². The van der Waals surface area contributed by atoms with Crippen molar-refractivity contribution in [3.05, 3.63) is 53.9 Å². The molecule has 7 heteroatoms. The quantitative estimate of drug-likeness (QED) is 0.842. The normalized spacial score (nSPS) is 11.1. The average Bonchev–Trinajstić information content (AvgIpc) is 2.38. The molecule has 2 rings (SSSR count). The summed E-state index contributed by atoms with van der Waals surface area (Å²) in [6.07, 6.45) is 3.03. The molecule has 104 valence electrons. The van der Waals surface area contributed by atoms with Gasteiger partial charge in [-0.15, -0.1) is 0 Å². The number of thiocarbonyl (C=S) groups is 1. The highest BCUT2D eigenvalue weighted by molar-refractivity contribution is 7.92. The Hall–Kier alpha value is -1.99. The molecule has 0 bridgehead atoms. The molecule has 1 heterocycles. The number of nitrogens with two attached hydrogens (primary N) is 1. The zero-order valence-electron chi connectivity index (χ0n) is 10.7. The van der Waals surface area contributed by atoms with E-state index in [0.29, 0.717) is 11.3 Å². The first-order valence-electron chi connectivity index (χ1n) is 5.73. The van der Waals surface area contributed by atoms with Gasteiger partial charge in [0.1, 0.15) is 4.99 Å². The Morgan fingerprint density at radius 3 is 2.45 bits per heavy atom. The highest BCUT2D eigenvalue weighted by atomic mass is 32.2. The maximum Gasteiger partial charge on any atom is 0.261 e. The lowest BCUT2D eigenvalue weighted by atomic mass is 10.1. The van der Waals surface area contributed by atoms with Gasteiger partial charge in [0.15, 0.2) is 0 Å². The van der Waals surface area contributed by atoms with Crippen LogP contribution in [0.2, 0.25) is 0 Å². The molecule has 0 spiro atoms. The molecular weight excluding hydrogens is 294 g/mol. The van der Waals surface area contributed by atoms with Gasteiger partial charge in [0.05, 0.1) is 10.6 Å². The van der Waals surface area contributed by atoms with E-state index in [-0.39, 0.29) is 9.88 Å². The first kappa shape index (κ1) is 14.4. The Morgan fingerprint density at radius 1 is 1.25 bits per heavy atom. The number of aryl methyl sites for hydroxylation is 1. The van der Waals surface area contributed by atoms with Gasteiger partial charge in [-0.2, -0.15) is 0 Å². The van der Waals surface area contributed by atoms with Crippen LogP contribution in [0, 0.1) is 6.92 Å². The van der Waals surface area contributed by atoms with Gasteiger partial charge >= 0.3 is 0 Å². The number of pyridine rings is 1. The Labute approximate surface area is 122 Å². The summed E-state index contributed by atoms with van der Waals surface area (Å²) in [4.78, 5) is 4.23. The van der Waals surface area contributed by atoms with Crippen LogP contribution in [-0.2, 0) is 10.0 Å². The molecule has 5 nitrogen and oxygen atoms in total. The van der Waals surface area contributed by atoms with E-state index < -0.39 is 10.0 Å². The Morgan fingerprint density at radius 2 is 1.90 bits per heavy atom. The second kappa shape index (κ2) is 5.56. The van der Waals surface area contributed by atoms with Crippen LogP contribution in [0.15, 0.2) is 47.6 Å². The molecule has 20 heavy (non-hydrogen) atoms. The molecule has 0 amide bonds. The number of benzene rings is 1. The molecule has 0 aliphatic carbocycles. The predicted octanol–water partition coefficient (Wildman–Crippen LogP) is 1.83. The lowest BCUT2D eigenvalue weighted by Crippen LogP contribution is -2.15. The SMILES string of the molecule is Cc1cc(S(=O)(=O)Nc2ccncc2)ccc1C(N)=S. The minimum atomic E-state index is -3.64. The fourth-order valence-electron chi connectivity index (χ4n) is 1.71. The monoisotopic (exact) mass is 307 g/mol. The van der Waals surface area contributed by atoms with E-state index in [1.165, 1.54) is 24.5 Å². The van der Waals surface area contributed by atoms with Crippen LogP contribution in [0.4, 0.5) is 5.69 Å². The van der Waals surface area contributed by atoms with Gasteiger partial charge in [0.25, 0.3) is 10.0 Å². The minimum absolute atomic E-state index is 0.159. The number of nitrogens with zero attached hydrogens (tertiary/aromatic N) is 1. The highest BCUT2D eigenvalue weighted by Crippen LogP contribution is 2.18. The van der Waals surface area contributed by atoms with Crippen molar-refractivity contribution in [2.45, 2.75) is 11.8 Å². The second-order valence-electron chi connectivity index (χ2n) is 4.18. The van der Waals surface area contributed by atoms with Crippen molar-refractivity contribution in [2.24, 2.45) is 5.73 Å². The van der Waals surface area contributed by atoms with E-state index in [4.69, 9.17) is 18.0 Å². The number of hydrogen-bond donors (Lipinski definition) is 2. The van der Waals surface area contributed by atoms with E-state index in [0.717, 1.165) is 5.56 Å². The second-order valence-corrected chi connectivity index (χ2v) is 6.30. The molecule has 0 unspecified atom stereocenters. The molecule has 0 aliphatic rings. The van der Waals surface area contributed by atoms with E-state index in [2.05, 4.69) is 9.71 Å². The van der Waals surface area contributed by atoms with Gasteiger partial charge in [-0.3, -0.25) is 9.71 Å². The van der Waals surface area contributed by atoms with Crippen LogP contribution in [0.3, 0.4) is 0 Å². The van der Waals surface area contributed by atoms with Crippen molar-refractivity contribution in [3.63, 3.8) is 0 Å². The van der Waals surface area contributed by atoms with Crippen LogP contribution < -0.4 is 10.5 Å². The molecule has 0 atom stereocenters. The summed E-state index contributed by atoms with van der Waals surface area (Å²) in [6.45, 7) is 1.76. The lowest BCUT2D eigenvalue weighted by Gasteiger charge is -2.10.